The standard InChI is InChI=1S/C15H16ClNO3/c1-9-4-5-12(10(16)6-9)20-13-8-15(19-3)14(18-2)7-11(13)17/h4-8H,17H2,1-3H3. The smallest absolute Gasteiger partial charge is 0.164 e. The first-order valence-electron chi connectivity index (χ1n) is 6.00. The van der Waals surface area contributed by atoms with Crippen LogP contribution < -0.4 is 19.9 Å². The number of nitrogens with two attached hydrogens (primary N) is 1. The molecule has 0 spiro atoms. The van der Waals surface area contributed by atoms with Crippen LogP contribution in [0.25, 0.3) is 0 Å². The molecule has 20 heavy (non-hydrogen) atoms. The second-order valence-corrected chi connectivity index (χ2v) is 4.69. The first-order valence-corrected chi connectivity index (χ1v) is 6.38. The molecule has 0 atom stereocenters. The predicted octanol–water partition coefficient (Wildman–Crippen LogP) is 4.04. The summed E-state index contributed by atoms with van der Waals surface area (Å²) in [6.07, 6.45) is 0. The van der Waals surface area contributed by atoms with Crippen molar-refractivity contribution < 1.29 is 14.2 Å². The molecule has 2 aromatic carbocycles. The van der Waals surface area contributed by atoms with E-state index in [4.69, 9.17) is 31.5 Å². The van der Waals surface area contributed by atoms with Crippen molar-refractivity contribution in [3.63, 3.8) is 0 Å². The number of rotatable bonds is 4. The van der Waals surface area contributed by atoms with E-state index in [-0.39, 0.29) is 0 Å². The molecule has 2 aromatic rings. The maximum atomic E-state index is 6.14. The van der Waals surface area contributed by atoms with E-state index in [1.807, 2.05) is 19.1 Å². The summed E-state index contributed by atoms with van der Waals surface area (Å²) in [6.45, 7) is 1.96. The highest BCUT2D eigenvalue weighted by Gasteiger charge is 2.12. The summed E-state index contributed by atoms with van der Waals surface area (Å²) in [4.78, 5) is 0. The van der Waals surface area contributed by atoms with Crippen LogP contribution in [0.2, 0.25) is 5.02 Å². The van der Waals surface area contributed by atoms with E-state index in [0.717, 1.165) is 5.56 Å². The van der Waals surface area contributed by atoms with E-state index in [1.165, 1.54) is 0 Å². The summed E-state index contributed by atoms with van der Waals surface area (Å²) in [6, 6.07) is 8.86. The molecule has 0 bridgehead atoms. The van der Waals surface area contributed by atoms with Crippen molar-refractivity contribution in [3.05, 3.63) is 40.9 Å². The van der Waals surface area contributed by atoms with Gasteiger partial charge in [0.05, 0.1) is 24.9 Å². The summed E-state index contributed by atoms with van der Waals surface area (Å²) < 4.78 is 16.1. The third-order valence-electron chi connectivity index (χ3n) is 2.82. The van der Waals surface area contributed by atoms with Crippen LogP contribution in [0.3, 0.4) is 0 Å². The minimum Gasteiger partial charge on any atom is -0.493 e. The van der Waals surface area contributed by atoms with E-state index < -0.39 is 0 Å². The van der Waals surface area contributed by atoms with Crippen LogP contribution in [0.1, 0.15) is 5.56 Å². The van der Waals surface area contributed by atoms with Crippen LogP contribution in [-0.2, 0) is 0 Å². The van der Waals surface area contributed by atoms with Crippen LogP contribution >= 0.6 is 11.6 Å². The Kier molecular flexibility index (Phi) is 4.25. The van der Waals surface area contributed by atoms with Gasteiger partial charge in [0.25, 0.3) is 0 Å². The summed E-state index contributed by atoms with van der Waals surface area (Å²) >= 11 is 6.14. The number of hydrogen-bond acceptors (Lipinski definition) is 4. The Morgan fingerprint density at radius 2 is 1.55 bits per heavy atom. The molecule has 0 unspecified atom stereocenters. The average Bonchev–Trinajstić information content (AvgIpc) is 2.43. The van der Waals surface area contributed by atoms with Gasteiger partial charge in [-0.3, -0.25) is 0 Å². The first-order chi connectivity index (χ1) is 9.55. The molecule has 2 rings (SSSR count). The second-order valence-electron chi connectivity index (χ2n) is 4.28. The van der Waals surface area contributed by atoms with Gasteiger partial charge in [-0.15, -0.1) is 0 Å². The molecule has 106 valence electrons. The van der Waals surface area contributed by atoms with Crippen LogP contribution in [0.5, 0.6) is 23.0 Å². The first kappa shape index (κ1) is 14.3. The van der Waals surface area contributed by atoms with Gasteiger partial charge in [0.15, 0.2) is 17.2 Å². The Morgan fingerprint density at radius 3 is 2.15 bits per heavy atom. The lowest BCUT2D eigenvalue weighted by Crippen LogP contribution is -1.97. The highest BCUT2D eigenvalue weighted by Crippen LogP contribution is 2.39. The van der Waals surface area contributed by atoms with E-state index in [9.17, 15) is 0 Å². The van der Waals surface area contributed by atoms with Gasteiger partial charge < -0.3 is 19.9 Å². The highest BCUT2D eigenvalue weighted by atomic mass is 35.5. The molecule has 0 fully saturated rings. The van der Waals surface area contributed by atoms with Crippen molar-refractivity contribution in [1.29, 1.82) is 0 Å². The molecule has 0 radical (unpaired) electrons. The quantitative estimate of drug-likeness (QED) is 0.864. The third kappa shape index (κ3) is 2.91. The molecule has 4 nitrogen and oxygen atoms in total. The number of methoxy groups -OCH3 is 2. The van der Waals surface area contributed by atoms with Crippen molar-refractivity contribution in [3.8, 4) is 23.0 Å². The van der Waals surface area contributed by atoms with E-state index in [1.54, 1.807) is 32.4 Å². The monoisotopic (exact) mass is 293 g/mol. The van der Waals surface area contributed by atoms with Crippen LogP contribution in [-0.4, -0.2) is 14.2 Å². The van der Waals surface area contributed by atoms with Crippen LogP contribution in [0.4, 0.5) is 5.69 Å². The molecule has 0 aliphatic rings. The van der Waals surface area contributed by atoms with Crippen molar-refractivity contribution in [1.82, 2.24) is 0 Å². The zero-order valence-electron chi connectivity index (χ0n) is 11.6. The maximum Gasteiger partial charge on any atom is 0.164 e. The maximum absolute atomic E-state index is 6.14. The Balaban J connectivity index is 2.38. The number of aryl methyl sites for hydroxylation is 1. The number of hydrogen-bond donors (Lipinski definition) is 1. The van der Waals surface area contributed by atoms with E-state index >= 15 is 0 Å². The zero-order chi connectivity index (χ0) is 14.7. The topological polar surface area (TPSA) is 53.7 Å². The number of benzene rings is 2. The van der Waals surface area contributed by atoms with Crippen molar-refractivity contribution in [2.45, 2.75) is 6.92 Å². The zero-order valence-corrected chi connectivity index (χ0v) is 12.3. The Bertz CT molecular complexity index is 629. The van der Waals surface area contributed by atoms with Gasteiger partial charge in [0.2, 0.25) is 0 Å². The van der Waals surface area contributed by atoms with Crippen LogP contribution in [0, 0.1) is 6.92 Å². The number of nitrogen functional groups attached to an aromatic ring is 1. The predicted molar refractivity (Wildman–Crippen MR) is 80.2 cm³/mol. The lowest BCUT2D eigenvalue weighted by atomic mass is 10.2. The lowest BCUT2D eigenvalue weighted by molar-refractivity contribution is 0.352. The van der Waals surface area contributed by atoms with Gasteiger partial charge in [0.1, 0.15) is 5.75 Å². The molecular weight excluding hydrogens is 278 g/mol. The second kappa shape index (κ2) is 5.92. The molecule has 0 heterocycles. The van der Waals surface area contributed by atoms with Gasteiger partial charge in [-0.05, 0) is 24.6 Å². The number of halogens is 1. The molecule has 0 aliphatic heterocycles. The van der Waals surface area contributed by atoms with Crippen molar-refractivity contribution >= 4 is 17.3 Å². The fourth-order valence-electron chi connectivity index (χ4n) is 1.77. The minimum atomic E-state index is 0.444. The average molecular weight is 294 g/mol. The Hall–Kier alpha value is -2.07. The number of ether oxygens (including phenoxy) is 3. The SMILES string of the molecule is COc1cc(N)c(Oc2ccc(C)cc2Cl)cc1OC. The fourth-order valence-corrected chi connectivity index (χ4v) is 2.05. The summed E-state index contributed by atoms with van der Waals surface area (Å²) in [5.41, 5.74) is 7.45. The molecule has 0 aromatic heterocycles. The summed E-state index contributed by atoms with van der Waals surface area (Å²) in [5, 5.41) is 0.527. The largest absolute Gasteiger partial charge is 0.493 e. The summed E-state index contributed by atoms with van der Waals surface area (Å²) in [7, 11) is 3.10. The highest BCUT2D eigenvalue weighted by molar-refractivity contribution is 6.32. The van der Waals surface area contributed by atoms with Crippen LogP contribution in [0.15, 0.2) is 30.3 Å². The molecule has 0 aliphatic carbocycles. The molecule has 5 heteroatoms. The van der Waals surface area contributed by atoms with Gasteiger partial charge >= 0.3 is 0 Å². The molecule has 0 saturated heterocycles. The summed E-state index contributed by atoms with van der Waals surface area (Å²) in [5.74, 6) is 2.09. The van der Waals surface area contributed by atoms with Gasteiger partial charge in [-0.25, -0.2) is 0 Å². The minimum absolute atomic E-state index is 0.444. The molecule has 0 saturated carbocycles. The van der Waals surface area contributed by atoms with Crippen molar-refractivity contribution in [2.24, 2.45) is 0 Å². The Labute approximate surface area is 123 Å². The molecule has 2 N–H and O–H groups in total. The van der Waals surface area contributed by atoms with Gasteiger partial charge in [-0.1, -0.05) is 17.7 Å². The van der Waals surface area contributed by atoms with E-state index in [2.05, 4.69) is 0 Å². The van der Waals surface area contributed by atoms with Gasteiger partial charge in [-0.2, -0.15) is 0 Å². The fraction of sp³-hybridized carbons (Fsp3) is 0.200. The molecular formula is C15H16ClNO3. The van der Waals surface area contributed by atoms with Gasteiger partial charge in [0, 0.05) is 12.1 Å². The Morgan fingerprint density at radius 1 is 0.900 bits per heavy atom. The molecule has 0 amide bonds. The number of anilines is 1. The van der Waals surface area contributed by atoms with E-state index in [0.29, 0.717) is 33.7 Å². The normalized spacial score (nSPS) is 10.2. The third-order valence-corrected chi connectivity index (χ3v) is 3.12. The van der Waals surface area contributed by atoms with Crippen molar-refractivity contribution in [2.75, 3.05) is 20.0 Å². The lowest BCUT2D eigenvalue weighted by Gasteiger charge is -2.14.